The van der Waals surface area contributed by atoms with Gasteiger partial charge in [-0.3, -0.25) is 4.79 Å². The maximum atomic E-state index is 12.4. The first-order valence-electron chi connectivity index (χ1n) is 9.17. The number of nitrogens with one attached hydrogen (secondary N) is 1. The van der Waals surface area contributed by atoms with Crippen molar-refractivity contribution in [3.8, 4) is 0 Å². The molecule has 1 aromatic carbocycles. The summed E-state index contributed by atoms with van der Waals surface area (Å²) in [6.07, 6.45) is 1.98. The number of benzene rings is 1. The average molecular weight is 404 g/mol. The molecule has 2 aromatic rings. The molecule has 2 atom stereocenters. The summed E-state index contributed by atoms with van der Waals surface area (Å²) in [6, 6.07) is 9.62. The minimum atomic E-state index is -0.518. The molecule has 0 saturated carbocycles. The van der Waals surface area contributed by atoms with E-state index in [1.165, 1.54) is 0 Å². The molecule has 0 aliphatic carbocycles. The lowest BCUT2D eigenvalue weighted by Gasteiger charge is -2.29. The van der Waals surface area contributed by atoms with Gasteiger partial charge in [0.2, 0.25) is 6.29 Å². The minimum absolute atomic E-state index is 0.0154. The molecule has 150 valence electrons. The van der Waals surface area contributed by atoms with Crippen LogP contribution >= 0.6 is 11.3 Å². The van der Waals surface area contributed by atoms with Crippen molar-refractivity contribution in [2.45, 2.75) is 31.8 Å². The SMILES string of the molecule is COCCNC(=O)C1=C[C@H](c2ccsc2)C[C@H](OCc2ccc(CO)cc2)O1. The standard InChI is InChI=1S/C21H25NO5S/c1-25-8-7-22-21(24)19-10-18(17-6-9-28-14-17)11-20(27-19)26-13-16-4-2-15(12-23)3-5-16/h2-6,9-10,14,18,20,23H,7-8,11-13H2,1H3,(H,22,24)/t18-,20+/m0/s1. The van der Waals surface area contributed by atoms with E-state index in [1.807, 2.05) is 35.7 Å². The van der Waals surface area contributed by atoms with Gasteiger partial charge in [-0.05, 0) is 39.6 Å². The molecule has 1 aliphatic rings. The van der Waals surface area contributed by atoms with Gasteiger partial charge in [-0.2, -0.15) is 11.3 Å². The molecule has 6 nitrogen and oxygen atoms in total. The summed E-state index contributed by atoms with van der Waals surface area (Å²) in [4.78, 5) is 12.4. The number of carbonyl (C=O) groups excluding carboxylic acids is 1. The van der Waals surface area contributed by atoms with Crippen LogP contribution in [0.1, 0.15) is 29.0 Å². The first kappa shape index (κ1) is 20.5. The number of hydrogen-bond donors (Lipinski definition) is 2. The number of allylic oxidation sites excluding steroid dienone is 1. The van der Waals surface area contributed by atoms with Gasteiger partial charge in [-0.1, -0.05) is 24.3 Å². The highest BCUT2D eigenvalue weighted by Crippen LogP contribution is 2.32. The molecule has 1 aliphatic heterocycles. The van der Waals surface area contributed by atoms with Gasteiger partial charge < -0.3 is 24.6 Å². The van der Waals surface area contributed by atoms with Crippen LogP contribution in [0.5, 0.6) is 0 Å². The van der Waals surface area contributed by atoms with Gasteiger partial charge in [0.1, 0.15) is 0 Å². The number of amides is 1. The highest BCUT2D eigenvalue weighted by Gasteiger charge is 2.28. The normalized spacial score (nSPS) is 19.0. The fraction of sp³-hybridized carbons (Fsp3) is 0.381. The summed E-state index contributed by atoms with van der Waals surface area (Å²) < 4.78 is 16.7. The molecule has 0 radical (unpaired) electrons. The Kier molecular flexibility index (Phi) is 7.62. The van der Waals surface area contributed by atoms with Crippen LogP contribution in [0.3, 0.4) is 0 Å². The number of aliphatic hydroxyl groups is 1. The van der Waals surface area contributed by atoms with E-state index in [1.54, 1.807) is 18.4 Å². The number of hydrogen-bond acceptors (Lipinski definition) is 6. The molecule has 0 fully saturated rings. The third-order valence-corrected chi connectivity index (χ3v) is 5.19. The molecule has 28 heavy (non-hydrogen) atoms. The molecular weight excluding hydrogens is 378 g/mol. The van der Waals surface area contributed by atoms with E-state index in [0.717, 1.165) is 16.7 Å². The predicted octanol–water partition coefficient (Wildman–Crippen LogP) is 2.93. The number of methoxy groups -OCH3 is 1. The summed E-state index contributed by atoms with van der Waals surface area (Å²) in [6.45, 7) is 1.24. The van der Waals surface area contributed by atoms with E-state index in [2.05, 4.69) is 16.8 Å². The molecule has 0 bridgehead atoms. The topological polar surface area (TPSA) is 77.0 Å². The van der Waals surface area contributed by atoms with Crippen LogP contribution in [-0.2, 0) is 32.2 Å². The first-order chi connectivity index (χ1) is 13.7. The highest BCUT2D eigenvalue weighted by molar-refractivity contribution is 7.08. The number of aliphatic hydroxyl groups excluding tert-OH is 1. The molecule has 0 spiro atoms. The van der Waals surface area contributed by atoms with Crippen molar-refractivity contribution in [2.24, 2.45) is 0 Å². The zero-order chi connectivity index (χ0) is 19.8. The van der Waals surface area contributed by atoms with E-state index in [0.29, 0.717) is 26.2 Å². The van der Waals surface area contributed by atoms with Gasteiger partial charge in [0.25, 0.3) is 5.91 Å². The molecule has 2 heterocycles. The number of rotatable bonds is 9. The van der Waals surface area contributed by atoms with Crippen LogP contribution in [-0.4, -0.2) is 37.6 Å². The Bertz CT molecular complexity index is 773. The predicted molar refractivity (Wildman–Crippen MR) is 107 cm³/mol. The zero-order valence-corrected chi connectivity index (χ0v) is 16.6. The Morgan fingerprint density at radius 2 is 2.07 bits per heavy atom. The quantitative estimate of drug-likeness (QED) is 0.630. The maximum Gasteiger partial charge on any atom is 0.286 e. The van der Waals surface area contributed by atoms with Crippen molar-refractivity contribution in [2.75, 3.05) is 20.3 Å². The molecule has 0 saturated heterocycles. The van der Waals surface area contributed by atoms with Gasteiger partial charge in [0.05, 0.1) is 19.8 Å². The van der Waals surface area contributed by atoms with Crippen molar-refractivity contribution in [1.29, 1.82) is 0 Å². The summed E-state index contributed by atoms with van der Waals surface area (Å²) in [5.41, 5.74) is 2.98. The van der Waals surface area contributed by atoms with Crippen molar-refractivity contribution in [1.82, 2.24) is 5.32 Å². The van der Waals surface area contributed by atoms with Crippen molar-refractivity contribution >= 4 is 17.2 Å². The monoisotopic (exact) mass is 403 g/mol. The third kappa shape index (κ3) is 5.65. The first-order valence-corrected chi connectivity index (χ1v) is 10.1. The molecule has 2 N–H and O–H groups in total. The minimum Gasteiger partial charge on any atom is -0.459 e. The van der Waals surface area contributed by atoms with Gasteiger partial charge in [-0.25, -0.2) is 0 Å². The van der Waals surface area contributed by atoms with Crippen LogP contribution in [0.15, 0.2) is 52.9 Å². The second-order valence-corrected chi connectivity index (χ2v) is 7.29. The van der Waals surface area contributed by atoms with E-state index in [4.69, 9.17) is 19.3 Å². The smallest absolute Gasteiger partial charge is 0.286 e. The Morgan fingerprint density at radius 1 is 1.29 bits per heavy atom. The van der Waals surface area contributed by atoms with Crippen LogP contribution in [0.4, 0.5) is 0 Å². The number of carbonyl (C=O) groups is 1. The molecular formula is C21H25NO5S. The Morgan fingerprint density at radius 3 is 2.75 bits per heavy atom. The third-order valence-electron chi connectivity index (χ3n) is 4.49. The fourth-order valence-corrected chi connectivity index (χ4v) is 3.65. The fourth-order valence-electron chi connectivity index (χ4n) is 2.92. The van der Waals surface area contributed by atoms with Gasteiger partial charge in [0.15, 0.2) is 5.76 Å². The molecule has 1 amide bonds. The van der Waals surface area contributed by atoms with E-state index in [9.17, 15) is 4.79 Å². The molecule has 1 aromatic heterocycles. The Balaban J connectivity index is 1.65. The van der Waals surface area contributed by atoms with Crippen LogP contribution in [0.2, 0.25) is 0 Å². The summed E-state index contributed by atoms with van der Waals surface area (Å²) in [7, 11) is 1.59. The lowest BCUT2D eigenvalue weighted by molar-refractivity contribution is -0.150. The second-order valence-electron chi connectivity index (χ2n) is 6.51. The summed E-state index contributed by atoms with van der Waals surface area (Å²) >= 11 is 1.63. The zero-order valence-electron chi connectivity index (χ0n) is 15.8. The van der Waals surface area contributed by atoms with Crippen molar-refractivity contribution < 1.29 is 24.1 Å². The van der Waals surface area contributed by atoms with Crippen LogP contribution < -0.4 is 5.32 Å². The largest absolute Gasteiger partial charge is 0.459 e. The van der Waals surface area contributed by atoms with Gasteiger partial charge >= 0.3 is 0 Å². The van der Waals surface area contributed by atoms with Crippen LogP contribution in [0, 0.1) is 0 Å². The summed E-state index contributed by atoms with van der Waals surface area (Å²) in [5, 5.41) is 16.0. The van der Waals surface area contributed by atoms with Gasteiger partial charge in [-0.15, -0.1) is 0 Å². The van der Waals surface area contributed by atoms with Gasteiger partial charge in [0, 0.05) is 26.0 Å². The van der Waals surface area contributed by atoms with Crippen molar-refractivity contribution in [3.63, 3.8) is 0 Å². The average Bonchev–Trinajstić information content (AvgIpc) is 3.27. The molecule has 7 heteroatoms. The van der Waals surface area contributed by atoms with Crippen LogP contribution in [0.25, 0.3) is 0 Å². The van der Waals surface area contributed by atoms with E-state index < -0.39 is 6.29 Å². The molecule has 3 rings (SSSR count). The lowest BCUT2D eigenvalue weighted by atomic mass is 9.95. The summed E-state index contributed by atoms with van der Waals surface area (Å²) in [5.74, 6) is 0.0713. The van der Waals surface area contributed by atoms with E-state index >= 15 is 0 Å². The lowest BCUT2D eigenvalue weighted by Crippen LogP contribution is -2.34. The van der Waals surface area contributed by atoms with Crippen molar-refractivity contribution in [3.05, 3.63) is 69.6 Å². The highest BCUT2D eigenvalue weighted by atomic mass is 32.1. The van der Waals surface area contributed by atoms with E-state index in [-0.39, 0.29) is 24.2 Å². The maximum absolute atomic E-state index is 12.4. The Labute approximate surface area is 168 Å². The number of thiophene rings is 1. The molecule has 0 unspecified atom stereocenters. The Hall–Kier alpha value is -2.19. The number of ether oxygens (including phenoxy) is 3. The second kappa shape index (κ2) is 10.4.